The summed E-state index contributed by atoms with van der Waals surface area (Å²) in [4.78, 5) is 11.4. The lowest BCUT2D eigenvalue weighted by Crippen LogP contribution is -2.43. The Morgan fingerprint density at radius 2 is 1.68 bits per heavy atom. The number of hydrogen-bond acceptors (Lipinski definition) is 5. The number of rotatable bonds is 3. The molecule has 0 saturated carbocycles. The first-order valence-electron chi connectivity index (χ1n) is 9.49. The first-order chi connectivity index (χ1) is 13.8. The number of benzene rings is 2. The summed E-state index contributed by atoms with van der Waals surface area (Å²) in [5.74, 6) is 0.906. The highest BCUT2D eigenvalue weighted by Crippen LogP contribution is 2.31. The third-order valence-corrected chi connectivity index (χ3v) is 5.08. The van der Waals surface area contributed by atoms with Crippen LogP contribution in [0.3, 0.4) is 0 Å². The number of morpholine rings is 1. The van der Waals surface area contributed by atoms with Crippen molar-refractivity contribution in [3.8, 4) is 5.69 Å². The van der Waals surface area contributed by atoms with E-state index in [-0.39, 0.29) is 12.2 Å². The summed E-state index contributed by atoms with van der Waals surface area (Å²) in [5, 5.41) is 5.52. The van der Waals surface area contributed by atoms with Crippen molar-refractivity contribution in [2.75, 3.05) is 18.0 Å². The van der Waals surface area contributed by atoms with E-state index in [9.17, 15) is 0 Å². The molecule has 2 aromatic heterocycles. The van der Waals surface area contributed by atoms with E-state index < -0.39 is 0 Å². The lowest BCUT2D eigenvalue weighted by Gasteiger charge is -2.37. The summed E-state index contributed by atoms with van der Waals surface area (Å²) in [7, 11) is 0. The van der Waals surface area contributed by atoms with Gasteiger partial charge in [0.2, 0.25) is 0 Å². The molecule has 1 aliphatic heterocycles. The minimum absolute atomic E-state index is 0.0131. The number of fused-ring (bicyclic) bond motifs is 1. The molecule has 4 aromatic rings. The third-order valence-electron chi connectivity index (χ3n) is 5.08. The van der Waals surface area contributed by atoms with Crippen LogP contribution in [0.25, 0.3) is 16.7 Å². The highest BCUT2D eigenvalue weighted by atomic mass is 16.5. The fourth-order valence-corrected chi connectivity index (χ4v) is 3.82. The number of aromatic nitrogens is 4. The van der Waals surface area contributed by atoms with E-state index in [1.807, 2.05) is 47.3 Å². The van der Waals surface area contributed by atoms with Gasteiger partial charge in [0.05, 0.1) is 23.4 Å². The molecule has 140 valence electrons. The van der Waals surface area contributed by atoms with Crippen molar-refractivity contribution in [2.45, 2.75) is 19.1 Å². The molecule has 1 aliphatic rings. The fraction of sp³-hybridized carbons (Fsp3) is 0.227. The molecule has 1 fully saturated rings. The molecule has 0 N–H and O–H groups in total. The van der Waals surface area contributed by atoms with Crippen LogP contribution in [0.1, 0.15) is 18.6 Å². The summed E-state index contributed by atoms with van der Waals surface area (Å²) < 4.78 is 8.06. The Morgan fingerprint density at radius 3 is 2.46 bits per heavy atom. The molecule has 1 saturated heterocycles. The molecule has 2 atom stereocenters. The van der Waals surface area contributed by atoms with Crippen LogP contribution < -0.4 is 4.90 Å². The molecule has 5 rings (SSSR count). The van der Waals surface area contributed by atoms with E-state index in [1.165, 1.54) is 5.56 Å². The molecule has 0 aliphatic carbocycles. The molecule has 28 heavy (non-hydrogen) atoms. The van der Waals surface area contributed by atoms with Crippen LogP contribution in [0.5, 0.6) is 0 Å². The Kier molecular flexibility index (Phi) is 4.25. The van der Waals surface area contributed by atoms with Gasteiger partial charge in [-0.25, -0.2) is 14.6 Å². The molecule has 0 radical (unpaired) electrons. The van der Waals surface area contributed by atoms with E-state index in [0.717, 1.165) is 35.6 Å². The van der Waals surface area contributed by atoms with Gasteiger partial charge in [-0.05, 0) is 24.6 Å². The summed E-state index contributed by atoms with van der Waals surface area (Å²) in [5.41, 5.74) is 2.98. The zero-order valence-corrected chi connectivity index (χ0v) is 15.6. The predicted molar refractivity (Wildman–Crippen MR) is 109 cm³/mol. The second-order valence-corrected chi connectivity index (χ2v) is 7.08. The Hall–Kier alpha value is -3.25. The van der Waals surface area contributed by atoms with Crippen molar-refractivity contribution in [3.63, 3.8) is 0 Å². The van der Waals surface area contributed by atoms with Crippen molar-refractivity contribution in [1.29, 1.82) is 0 Å². The van der Waals surface area contributed by atoms with Crippen molar-refractivity contribution in [2.24, 2.45) is 0 Å². The van der Waals surface area contributed by atoms with Gasteiger partial charge in [0.25, 0.3) is 0 Å². The van der Waals surface area contributed by atoms with Gasteiger partial charge < -0.3 is 9.64 Å². The molecule has 2 aromatic carbocycles. The van der Waals surface area contributed by atoms with Crippen LogP contribution in [-0.4, -0.2) is 38.9 Å². The van der Waals surface area contributed by atoms with Gasteiger partial charge in [-0.3, -0.25) is 0 Å². The zero-order chi connectivity index (χ0) is 18.9. The van der Waals surface area contributed by atoms with Crippen molar-refractivity contribution >= 4 is 16.9 Å². The lowest BCUT2D eigenvalue weighted by molar-refractivity contribution is -0.0175. The first kappa shape index (κ1) is 16.9. The summed E-state index contributed by atoms with van der Waals surface area (Å²) in [6.07, 6.45) is 3.60. The maximum atomic E-state index is 6.20. The minimum atomic E-state index is 0.0131. The van der Waals surface area contributed by atoms with Crippen LogP contribution in [0.15, 0.2) is 73.2 Å². The third kappa shape index (κ3) is 3.01. The normalized spacial score (nSPS) is 19.8. The molecule has 0 amide bonds. The van der Waals surface area contributed by atoms with Gasteiger partial charge >= 0.3 is 0 Å². The van der Waals surface area contributed by atoms with Gasteiger partial charge in [0.1, 0.15) is 18.2 Å². The zero-order valence-electron chi connectivity index (χ0n) is 15.6. The highest BCUT2D eigenvalue weighted by Gasteiger charge is 2.28. The molecular weight excluding hydrogens is 350 g/mol. The summed E-state index contributed by atoms with van der Waals surface area (Å²) >= 11 is 0. The predicted octanol–water partition coefficient (Wildman–Crippen LogP) is 3.78. The maximum Gasteiger partial charge on any atom is 0.168 e. The number of nitrogens with zero attached hydrogens (tertiary/aromatic N) is 5. The number of ether oxygens (including phenoxy) is 1. The monoisotopic (exact) mass is 371 g/mol. The van der Waals surface area contributed by atoms with Gasteiger partial charge in [0.15, 0.2) is 5.65 Å². The van der Waals surface area contributed by atoms with Crippen LogP contribution in [0, 0.1) is 0 Å². The molecule has 0 bridgehead atoms. The van der Waals surface area contributed by atoms with Crippen molar-refractivity contribution < 1.29 is 4.74 Å². The van der Waals surface area contributed by atoms with Crippen molar-refractivity contribution in [1.82, 2.24) is 19.7 Å². The largest absolute Gasteiger partial charge is 0.367 e. The lowest BCUT2D eigenvalue weighted by atomic mass is 10.1. The number of anilines is 1. The molecule has 3 heterocycles. The Bertz CT molecular complexity index is 1080. The quantitative estimate of drug-likeness (QED) is 0.549. The van der Waals surface area contributed by atoms with E-state index in [4.69, 9.17) is 4.74 Å². The van der Waals surface area contributed by atoms with Crippen LogP contribution in [0.4, 0.5) is 5.82 Å². The topological polar surface area (TPSA) is 56.1 Å². The van der Waals surface area contributed by atoms with Crippen LogP contribution in [0.2, 0.25) is 0 Å². The van der Waals surface area contributed by atoms with Gasteiger partial charge in [-0.15, -0.1) is 0 Å². The van der Waals surface area contributed by atoms with Gasteiger partial charge in [0, 0.05) is 13.1 Å². The van der Waals surface area contributed by atoms with E-state index in [2.05, 4.69) is 51.2 Å². The second-order valence-electron chi connectivity index (χ2n) is 7.08. The van der Waals surface area contributed by atoms with Crippen LogP contribution in [-0.2, 0) is 4.74 Å². The van der Waals surface area contributed by atoms with Gasteiger partial charge in [-0.1, -0.05) is 48.5 Å². The average molecular weight is 371 g/mol. The number of hydrogen-bond donors (Lipinski definition) is 0. The SMILES string of the molecule is CC1CN(c2ncnc3c2cnn3-c2ccccc2)CC(c2ccccc2)O1. The smallest absolute Gasteiger partial charge is 0.168 e. The molecule has 6 nitrogen and oxygen atoms in total. The molecular formula is C22H21N5O. The summed E-state index contributed by atoms with van der Waals surface area (Å²) in [6.45, 7) is 3.64. The minimum Gasteiger partial charge on any atom is -0.367 e. The Balaban J connectivity index is 1.53. The second kappa shape index (κ2) is 7.05. The molecule has 6 heteroatoms. The van der Waals surface area contributed by atoms with E-state index >= 15 is 0 Å². The molecule has 0 spiro atoms. The van der Waals surface area contributed by atoms with Crippen molar-refractivity contribution in [3.05, 3.63) is 78.8 Å². The van der Waals surface area contributed by atoms with Crippen LogP contribution >= 0.6 is 0 Å². The maximum absolute atomic E-state index is 6.20. The highest BCUT2D eigenvalue weighted by molar-refractivity contribution is 5.87. The summed E-state index contributed by atoms with van der Waals surface area (Å²) in [6, 6.07) is 20.4. The van der Waals surface area contributed by atoms with E-state index in [0.29, 0.717) is 0 Å². The molecule has 2 unspecified atom stereocenters. The fourth-order valence-electron chi connectivity index (χ4n) is 3.82. The standard InChI is InChI=1S/C22H21N5O/c1-16-13-26(14-20(28-16)17-8-4-2-5-9-17)21-19-12-25-27(22(19)24-15-23-21)18-10-6-3-7-11-18/h2-12,15-16,20H,13-14H2,1H3. The van der Waals surface area contributed by atoms with E-state index in [1.54, 1.807) is 6.33 Å². The van der Waals surface area contributed by atoms with Gasteiger partial charge in [-0.2, -0.15) is 5.10 Å². The first-order valence-corrected chi connectivity index (χ1v) is 9.49. The Morgan fingerprint density at radius 1 is 0.929 bits per heavy atom. The Labute approximate surface area is 163 Å². The number of para-hydroxylation sites is 1. The average Bonchev–Trinajstić information content (AvgIpc) is 3.19.